The Kier molecular flexibility index (Phi) is 14.9. The van der Waals surface area contributed by atoms with Gasteiger partial charge in [0.25, 0.3) is 0 Å². The summed E-state index contributed by atoms with van der Waals surface area (Å²) in [6.45, 7) is 6.91. The zero-order chi connectivity index (χ0) is 38.6. The van der Waals surface area contributed by atoms with E-state index >= 15 is 0 Å². The molecule has 6 rings (SSSR count). The SMILES string of the molecule is O=C(O)[C@@H](Cc1cccc(CN(Cc2cccc(C[C@H](C(=O)O)[C@H]3CCCNC3)c2)Cc2cccc(C[C@H](C(=O)O)[C@H]3CCCNC3)c2)c1)[C@H]1CCCNC1. The molecule has 0 bridgehead atoms. The Balaban J connectivity index is 1.22. The van der Waals surface area contributed by atoms with Crippen molar-refractivity contribution in [2.75, 3.05) is 39.3 Å². The fourth-order valence-corrected chi connectivity index (χ4v) is 9.30. The van der Waals surface area contributed by atoms with Gasteiger partial charge in [-0.1, -0.05) is 72.8 Å². The minimum atomic E-state index is -0.740. The number of nitrogens with one attached hydrogen (secondary N) is 3. The molecule has 6 atom stereocenters. The summed E-state index contributed by atoms with van der Waals surface area (Å²) in [7, 11) is 0. The smallest absolute Gasteiger partial charge is 0.307 e. The number of carbonyl (C=O) groups is 3. The summed E-state index contributed by atoms with van der Waals surface area (Å²) in [5.74, 6) is -3.22. The van der Waals surface area contributed by atoms with Gasteiger partial charge >= 0.3 is 17.9 Å². The molecule has 0 aliphatic carbocycles. The van der Waals surface area contributed by atoms with Crippen LogP contribution in [0, 0.1) is 35.5 Å². The molecule has 3 aliphatic heterocycles. The number of hydrogen-bond acceptors (Lipinski definition) is 7. The zero-order valence-electron chi connectivity index (χ0n) is 32.1. The first-order chi connectivity index (χ1) is 26.7. The highest BCUT2D eigenvalue weighted by Gasteiger charge is 2.32. The number of carboxylic acid groups (broad SMARTS) is 3. The normalized spacial score (nSPS) is 22.1. The standard InChI is InChI=1S/C45H60N4O6/c50-43(51)40(37-13-4-16-46-25-37)22-31-7-1-10-34(19-31)28-49(29-35-11-2-8-32(20-35)23-41(44(52)53)38-14-5-17-47-26-38)30-36-12-3-9-33(21-36)24-42(45(54)55)39-15-6-18-48-27-39/h1-3,7-12,19-21,37-42,46-48H,4-6,13-18,22-30H2,(H,50,51)(H,52,53)(H,54,55)/t37-,38-,39-,40-,41-,42-/m0/s1. The fourth-order valence-electron chi connectivity index (χ4n) is 9.30. The monoisotopic (exact) mass is 752 g/mol. The molecule has 0 unspecified atom stereocenters. The third kappa shape index (κ3) is 12.0. The number of aliphatic carboxylic acids is 3. The highest BCUT2D eigenvalue weighted by molar-refractivity contribution is 5.72. The summed E-state index contributed by atoms with van der Waals surface area (Å²) < 4.78 is 0. The van der Waals surface area contributed by atoms with Crippen molar-refractivity contribution >= 4 is 17.9 Å². The summed E-state index contributed by atoms with van der Waals surface area (Å²) in [5.41, 5.74) is 6.36. The lowest BCUT2D eigenvalue weighted by molar-refractivity contribution is -0.144. The van der Waals surface area contributed by atoms with E-state index in [0.29, 0.717) is 38.9 Å². The third-order valence-corrected chi connectivity index (χ3v) is 12.2. The molecule has 0 saturated carbocycles. The topological polar surface area (TPSA) is 151 Å². The van der Waals surface area contributed by atoms with Crippen molar-refractivity contribution < 1.29 is 29.7 Å². The van der Waals surface area contributed by atoms with E-state index in [1.165, 1.54) is 0 Å². The molecule has 10 nitrogen and oxygen atoms in total. The summed E-state index contributed by atoms with van der Waals surface area (Å²) in [4.78, 5) is 39.6. The van der Waals surface area contributed by atoms with Crippen LogP contribution in [0.4, 0.5) is 0 Å². The largest absolute Gasteiger partial charge is 0.481 e. The van der Waals surface area contributed by atoms with Gasteiger partial charge in [-0.3, -0.25) is 19.3 Å². The van der Waals surface area contributed by atoms with Gasteiger partial charge < -0.3 is 31.3 Å². The minimum Gasteiger partial charge on any atom is -0.481 e. The fraction of sp³-hybridized carbons (Fsp3) is 0.533. The van der Waals surface area contributed by atoms with Crippen LogP contribution < -0.4 is 16.0 Å². The Morgan fingerprint density at radius 2 is 0.800 bits per heavy atom. The second-order valence-corrected chi connectivity index (χ2v) is 16.4. The van der Waals surface area contributed by atoms with Gasteiger partial charge in [0, 0.05) is 19.6 Å². The Labute approximate surface area is 326 Å². The van der Waals surface area contributed by atoms with E-state index in [-0.39, 0.29) is 17.8 Å². The molecule has 296 valence electrons. The summed E-state index contributed by atoms with van der Waals surface area (Å²) in [5, 5.41) is 40.7. The maximum atomic E-state index is 12.4. The highest BCUT2D eigenvalue weighted by Crippen LogP contribution is 2.28. The van der Waals surface area contributed by atoms with Gasteiger partial charge in [-0.2, -0.15) is 0 Å². The maximum Gasteiger partial charge on any atom is 0.307 e. The lowest BCUT2D eigenvalue weighted by atomic mass is 9.82. The second kappa shape index (κ2) is 20.2. The molecular weight excluding hydrogens is 693 g/mol. The van der Waals surface area contributed by atoms with Crippen LogP contribution in [0.2, 0.25) is 0 Å². The molecule has 3 aromatic carbocycles. The highest BCUT2D eigenvalue weighted by atomic mass is 16.4. The third-order valence-electron chi connectivity index (χ3n) is 12.2. The molecule has 0 radical (unpaired) electrons. The van der Waals surface area contributed by atoms with E-state index in [1.807, 2.05) is 36.4 Å². The molecule has 0 spiro atoms. The lowest BCUT2D eigenvalue weighted by Gasteiger charge is -2.29. The molecule has 3 heterocycles. The molecule has 3 fully saturated rings. The van der Waals surface area contributed by atoms with E-state index in [4.69, 9.17) is 0 Å². The lowest BCUT2D eigenvalue weighted by Crippen LogP contribution is -2.38. The first-order valence-electron chi connectivity index (χ1n) is 20.5. The number of piperidine rings is 3. The van der Waals surface area contributed by atoms with E-state index in [1.54, 1.807) is 0 Å². The van der Waals surface area contributed by atoms with E-state index in [2.05, 4.69) is 57.2 Å². The molecular formula is C45H60N4O6. The van der Waals surface area contributed by atoms with Crippen LogP contribution in [0.3, 0.4) is 0 Å². The zero-order valence-corrected chi connectivity index (χ0v) is 32.1. The van der Waals surface area contributed by atoms with Crippen LogP contribution in [-0.2, 0) is 53.3 Å². The van der Waals surface area contributed by atoms with Crippen LogP contribution in [0.5, 0.6) is 0 Å². The van der Waals surface area contributed by atoms with Gasteiger partial charge in [0.2, 0.25) is 0 Å². The van der Waals surface area contributed by atoms with Crippen LogP contribution in [0.15, 0.2) is 72.8 Å². The predicted molar refractivity (Wildman–Crippen MR) is 214 cm³/mol. The van der Waals surface area contributed by atoms with Crippen LogP contribution >= 0.6 is 0 Å². The molecule has 3 aromatic rings. The van der Waals surface area contributed by atoms with Crippen LogP contribution in [0.1, 0.15) is 71.9 Å². The second-order valence-electron chi connectivity index (χ2n) is 16.4. The minimum absolute atomic E-state index is 0.108. The molecule has 3 saturated heterocycles. The Morgan fingerprint density at radius 1 is 0.509 bits per heavy atom. The molecule has 3 aliphatic rings. The van der Waals surface area contributed by atoms with Gasteiger partial charge in [-0.25, -0.2) is 0 Å². The molecule has 0 aromatic heterocycles. The van der Waals surface area contributed by atoms with Crippen molar-refractivity contribution in [1.82, 2.24) is 20.9 Å². The molecule has 6 N–H and O–H groups in total. The van der Waals surface area contributed by atoms with Gasteiger partial charge in [0.05, 0.1) is 17.8 Å². The van der Waals surface area contributed by atoms with Crippen molar-refractivity contribution in [1.29, 1.82) is 0 Å². The van der Waals surface area contributed by atoms with Crippen LogP contribution in [-0.4, -0.2) is 77.4 Å². The molecule has 0 amide bonds. The summed E-state index contributed by atoms with van der Waals surface area (Å²) >= 11 is 0. The van der Waals surface area contributed by atoms with Gasteiger partial charge in [0.15, 0.2) is 0 Å². The average Bonchev–Trinajstić information content (AvgIpc) is 3.19. The predicted octanol–water partition coefficient (Wildman–Crippen LogP) is 5.62. The first-order valence-corrected chi connectivity index (χ1v) is 20.5. The quantitative estimate of drug-likeness (QED) is 0.0967. The van der Waals surface area contributed by atoms with Crippen molar-refractivity contribution in [3.8, 4) is 0 Å². The van der Waals surface area contributed by atoms with E-state index < -0.39 is 35.7 Å². The Morgan fingerprint density at radius 3 is 1.05 bits per heavy atom. The summed E-state index contributed by atoms with van der Waals surface area (Å²) in [6.07, 6.45) is 7.22. The number of hydrogen-bond donors (Lipinski definition) is 6. The van der Waals surface area contributed by atoms with Crippen LogP contribution in [0.25, 0.3) is 0 Å². The van der Waals surface area contributed by atoms with Gasteiger partial charge in [-0.05, 0) is 148 Å². The average molecular weight is 753 g/mol. The molecule has 55 heavy (non-hydrogen) atoms. The van der Waals surface area contributed by atoms with Gasteiger partial charge in [-0.15, -0.1) is 0 Å². The van der Waals surface area contributed by atoms with E-state index in [0.717, 1.165) is 111 Å². The van der Waals surface area contributed by atoms with E-state index in [9.17, 15) is 29.7 Å². The van der Waals surface area contributed by atoms with Crippen molar-refractivity contribution in [2.45, 2.75) is 77.4 Å². The number of benzene rings is 3. The number of carboxylic acids is 3. The number of rotatable bonds is 18. The first kappa shape index (κ1) is 40.6. The number of nitrogens with zero attached hydrogens (tertiary/aromatic N) is 1. The Bertz CT molecular complexity index is 1520. The Hall–Kier alpha value is -4.09. The van der Waals surface area contributed by atoms with Crippen molar-refractivity contribution in [3.63, 3.8) is 0 Å². The van der Waals surface area contributed by atoms with Crippen molar-refractivity contribution in [3.05, 3.63) is 106 Å². The summed E-state index contributed by atoms with van der Waals surface area (Å²) in [6, 6.07) is 25.0. The van der Waals surface area contributed by atoms with Crippen molar-refractivity contribution in [2.24, 2.45) is 35.5 Å². The van der Waals surface area contributed by atoms with Gasteiger partial charge in [0.1, 0.15) is 0 Å². The maximum absolute atomic E-state index is 12.4. The molecule has 10 heteroatoms.